The fraction of sp³-hybridized carbons (Fsp3) is 0.423. The summed E-state index contributed by atoms with van der Waals surface area (Å²) < 4.78 is 38.9. The Bertz CT molecular complexity index is 994. The Morgan fingerprint density at radius 1 is 0.939 bits per heavy atom. The van der Waals surface area contributed by atoms with Crippen LogP contribution in [0.2, 0.25) is 0 Å². The lowest BCUT2D eigenvalue weighted by Gasteiger charge is -2.36. The Morgan fingerprint density at radius 2 is 1.73 bits per heavy atom. The van der Waals surface area contributed by atoms with E-state index in [0.717, 1.165) is 62.5 Å². The fourth-order valence-corrected chi connectivity index (χ4v) is 4.50. The van der Waals surface area contributed by atoms with Crippen molar-refractivity contribution in [3.05, 3.63) is 70.8 Å². The molecule has 2 aromatic carbocycles. The minimum atomic E-state index is -4.31. The summed E-state index contributed by atoms with van der Waals surface area (Å²) in [4.78, 5) is 16.8. The number of anilines is 1. The molecule has 0 spiro atoms. The van der Waals surface area contributed by atoms with Crippen LogP contribution in [0.1, 0.15) is 36.0 Å². The first-order valence-corrected chi connectivity index (χ1v) is 11.6. The zero-order chi connectivity index (χ0) is 23.3. The predicted molar refractivity (Wildman–Crippen MR) is 125 cm³/mol. The second-order valence-corrected chi connectivity index (χ2v) is 8.71. The third-order valence-electron chi connectivity index (χ3n) is 6.44. The number of nitrogens with zero attached hydrogens (tertiary/aromatic N) is 2. The zero-order valence-electron chi connectivity index (χ0n) is 18.7. The Kier molecular flexibility index (Phi) is 7.38. The monoisotopic (exact) mass is 457 g/mol. The molecular formula is C26H30F3N3O. The van der Waals surface area contributed by atoms with Crippen LogP contribution in [0.3, 0.4) is 0 Å². The number of carbonyl (C=O) groups excluding carboxylic acids is 1. The normalized spacial score (nSPS) is 16.8. The van der Waals surface area contributed by atoms with E-state index in [1.54, 1.807) is 6.07 Å². The minimum absolute atomic E-state index is 0.0270. The van der Waals surface area contributed by atoms with Crippen molar-refractivity contribution >= 4 is 17.7 Å². The molecule has 1 fully saturated rings. The van der Waals surface area contributed by atoms with Crippen molar-refractivity contribution in [1.82, 2.24) is 10.2 Å². The Balaban J connectivity index is 1.14. The Hall–Kier alpha value is -2.80. The molecule has 1 aliphatic carbocycles. The first-order valence-electron chi connectivity index (χ1n) is 11.6. The lowest BCUT2D eigenvalue weighted by molar-refractivity contribution is -0.137. The number of benzene rings is 2. The maximum Gasteiger partial charge on any atom is 0.416 e. The first kappa shape index (κ1) is 23.4. The van der Waals surface area contributed by atoms with Crippen molar-refractivity contribution in [2.24, 2.45) is 0 Å². The van der Waals surface area contributed by atoms with Crippen molar-refractivity contribution in [3.8, 4) is 0 Å². The van der Waals surface area contributed by atoms with E-state index in [0.29, 0.717) is 25.3 Å². The number of amides is 1. The fourth-order valence-electron chi connectivity index (χ4n) is 4.50. The summed E-state index contributed by atoms with van der Waals surface area (Å²) in [6.07, 6.45) is 1.25. The lowest BCUT2D eigenvalue weighted by atomic mass is 9.92. The molecular weight excluding hydrogens is 427 g/mol. The highest BCUT2D eigenvalue weighted by atomic mass is 19.4. The number of carbonyl (C=O) groups is 1. The topological polar surface area (TPSA) is 35.6 Å². The molecule has 0 atom stereocenters. The number of halogens is 3. The summed E-state index contributed by atoms with van der Waals surface area (Å²) in [6.45, 7) is 4.68. The van der Waals surface area contributed by atoms with Crippen molar-refractivity contribution in [3.63, 3.8) is 0 Å². The van der Waals surface area contributed by atoms with Gasteiger partial charge in [0.2, 0.25) is 5.91 Å². The van der Waals surface area contributed by atoms with Gasteiger partial charge in [0.1, 0.15) is 0 Å². The van der Waals surface area contributed by atoms with Crippen LogP contribution in [-0.4, -0.2) is 50.1 Å². The molecule has 0 unspecified atom stereocenters. The second kappa shape index (κ2) is 10.4. The summed E-state index contributed by atoms with van der Waals surface area (Å²) in [5, 5.41) is 3.04. The summed E-state index contributed by atoms with van der Waals surface area (Å²) in [7, 11) is 0. The molecule has 2 aromatic rings. The number of rotatable bonds is 7. The van der Waals surface area contributed by atoms with E-state index < -0.39 is 11.7 Å². The second-order valence-electron chi connectivity index (χ2n) is 8.71. The van der Waals surface area contributed by atoms with Gasteiger partial charge in [0.05, 0.1) is 5.56 Å². The summed E-state index contributed by atoms with van der Waals surface area (Å²) >= 11 is 0. The third kappa shape index (κ3) is 6.16. The molecule has 7 heteroatoms. The van der Waals surface area contributed by atoms with Crippen LogP contribution in [0.4, 0.5) is 18.9 Å². The summed E-state index contributed by atoms with van der Waals surface area (Å²) in [5.41, 5.74) is 3.31. The van der Waals surface area contributed by atoms with Gasteiger partial charge in [-0.1, -0.05) is 30.3 Å². The van der Waals surface area contributed by atoms with Crippen LogP contribution >= 0.6 is 0 Å². The minimum Gasteiger partial charge on any atom is -0.369 e. The maximum absolute atomic E-state index is 13.0. The highest BCUT2D eigenvalue weighted by Crippen LogP contribution is 2.32. The van der Waals surface area contributed by atoms with E-state index in [2.05, 4.69) is 22.3 Å². The molecule has 1 N–H and O–H groups in total. The van der Waals surface area contributed by atoms with Gasteiger partial charge in [-0.15, -0.1) is 0 Å². The molecule has 0 radical (unpaired) electrons. The Morgan fingerprint density at radius 3 is 2.52 bits per heavy atom. The van der Waals surface area contributed by atoms with Gasteiger partial charge in [0, 0.05) is 44.0 Å². The molecule has 176 valence electrons. The van der Waals surface area contributed by atoms with Crippen LogP contribution in [-0.2, 0) is 17.4 Å². The number of fused-ring (bicyclic) bond motifs is 1. The van der Waals surface area contributed by atoms with Gasteiger partial charge >= 0.3 is 6.18 Å². The largest absolute Gasteiger partial charge is 0.416 e. The van der Waals surface area contributed by atoms with Crippen molar-refractivity contribution in [1.29, 1.82) is 0 Å². The average molecular weight is 458 g/mol. The van der Waals surface area contributed by atoms with Crippen LogP contribution in [0, 0.1) is 0 Å². The van der Waals surface area contributed by atoms with Crippen LogP contribution in [0.15, 0.2) is 54.1 Å². The molecule has 0 aromatic heterocycles. The quantitative estimate of drug-likeness (QED) is 0.610. The van der Waals surface area contributed by atoms with Crippen molar-refractivity contribution in [2.45, 2.75) is 31.9 Å². The van der Waals surface area contributed by atoms with Gasteiger partial charge in [-0.25, -0.2) is 0 Å². The molecule has 2 aliphatic rings. The highest BCUT2D eigenvalue weighted by molar-refractivity contribution is 5.98. The highest BCUT2D eigenvalue weighted by Gasteiger charge is 2.31. The van der Waals surface area contributed by atoms with E-state index in [9.17, 15) is 18.0 Å². The van der Waals surface area contributed by atoms with Gasteiger partial charge in [-0.05, 0) is 67.6 Å². The van der Waals surface area contributed by atoms with E-state index in [1.807, 2.05) is 23.1 Å². The molecule has 0 saturated carbocycles. The number of unbranched alkanes of at least 4 members (excludes halogenated alkanes) is 1. The Labute approximate surface area is 193 Å². The number of hydrogen-bond acceptors (Lipinski definition) is 3. The molecule has 1 heterocycles. The molecule has 1 amide bonds. The summed E-state index contributed by atoms with van der Waals surface area (Å²) in [5.74, 6) is 0.0270. The number of nitrogens with one attached hydrogen (secondary N) is 1. The van der Waals surface area contributed by atoms with Gasteiger partial charge in [-0.3, -0.25) is 9.69 Å². The van der Waals surface area contributed by atoms with Crippen LogP contribution < -0.4 is 10.2 Å². The van der Waals surface area contributed by atoms with Crippen molar-refractivity contribution < 1.29 is 18.0 Å². The smallest absolute Gasteiger partial charge is 0.369 e. The van der Waals surface area contributed by atoms with Gasteiger partial charge in [0.15, 0.2) is 0 Å². The van der Waals surface area contributed by atoms with Crippen LogP contribution in [0.25, 0.3) is 6.08 Å². The van der Waals surface area contributed by atoms with Gasteiger partial charge in [0.25, 0.3) is 0 Å². The molecule has 1 aliphatic heterocycles. The standard InChI is InChI=1S/C26H30F3N3O/c27-26(28,29)23-8-5-9-24(19-23)32-16-14-31(15-17-32)13-4-3-12-30-25(33)22-11-10-20-6-1-2-7-21(20)18-22/h1-2,5-9,18-19H,3-4,10-17H2,(H,30,33). The summed E-state index contributed by atoms with van der Waals surface area (Å²) in [6, 6.07) is 13.8. The molecule has 4 rings (SSSR count). The number of piperazine rings is 1. The van der Waals surface area contributed by atoms with Gasteiger partial charge < -0.3 is 10.2 Å². The van der Waals surface area contributed by atoms with Crippen molar-refractivity contribution in [2.75, 3.05) is 44.2 Å². The number of aryl methyl sites for hydroxylation is 1. The van der Waals surface area contributed by atoms with Gasteiger partial charge in [-0.2, -0.15) is 13.2 Å². The first-order chi connectivity index (χ1) is 15.9. The molecule has 4 nitrogen and oxygen atoms in total. The predicted octanol–water partition coefficient (Wildman–Crippen LogP) is 4.75. The number of hydrogen-bond donors (Lipinski definition) is 1. The number of alkyl halides is 3. The SMILES string of the molecule is O=C(NCCCCN1CCN(c2cccc(C(F)(F)F)c2)CC1)C1=Cc2ccccc2CC1. The lowest BCUT2D eigenvalue weighted by Crippen LogP contribution is -2.46. The molecule has 33 heavy (non-hydrogen) atoms. The molecule has 0 bridgehead atoms. The van der Waals surface area contributed by atoms with Crippen LogP contribution in [0.5, 0.6) is 0 Å². The molecule has 1 saturated heterocycles. The van der Waals surface area contributed by atoms with E-state index in [-0.39, 0.29) is 5.91 Å². The maximum atomic E-state index is 13.0. The van der Waals surface area contributed by atoms with E-state index in [4.69, 9.17) is 0 Å². The van der Waals surface area contributed by atoms with E-state index >= 15 is 0 Å². The van der Waals surface area contributed by atoms with E-state index in [1.165, 1.54) is 17.7 Å². The average Bonchev–Trinajstić information content (AvgIpc) is 2.83. The zero-order valence-corrected chi connectivity index (χ0v) is 18.7. The third-order valence-corrected chi connectivity index (χ3v) is 6.44.